The normalized spacial score (nSPS) is 17.2. The molecule has 1 aromatic carbocycles. The number of allylic oxidation sites excluding steroid dienone is 1. The van der Waals surface area contributed by atoms with E-state index in [9.17, 15) is 4.79 Å². The van der Waals surface area contributed by atoms with Crippen LogP contribution in [0.3, 0.4) is 0 Å². The highest BCUT2D eigenvalue weighted by atomic mass is 16.5. The fourth-order valence-corrected chi connectivity index (χ4v) is 2.57. The number of para-hydroxylation sites is 2. The predicted octanol–water partition coefficient (Wildman–Crippen LogP) is 2.05. The minimum Gasteiger partial charge on any atom is -0.497 e. The summed E-state index contributed by atoms with van der Waals surface area (Å²) in [5.41, 5.74) is 3.01. The standard InChI is InChI=1S/C15H19N3O2/c1-10-11(7-9-20-10)15(19)16-8-6-14-17-12-4-2-3-5-13(12)18-14/h2-5,14,17-18H,6-9H2,1H3,(H,16,19). The van der Waals surface area contributed by atoms with E-state index in [1.165, 1.54) is 0 Å². The number of benzene rings is 1. The van der Waals surface area contributed by atoms with Crippen molar-refractivity contribution in [3.05, 3.63) is 35.6 Å². The molecule has 2 aliphatic rings. The molecule has 106 valence electrons. The molecular formula is C15H19N3O2. The first-order valence-electron chi connectivity index (χ1n) is 6.97. The van der Waals surface area contributed by atoms with Crippen LogP contribution < -0.4 is 16.0 Å². The summed E-state index contributed by atoms with van der Waals surface area (Å²) in [7, 11) is 0. The van der Waals surface area contributed by atoms with Gasteiger partial charge in [-0.2, -0.15) is 0 Å². The van der Waals surface area contributed by atoms with Crippen molar-refractivity contribution < 1.29 is 9.53 Å². The van der Waals surface area contributed by atoms with Gasteiger partial charge in [-0.05, 0) is 19.1 Å². The summed E-state index contributed by atoms with van der Waals surface area (Å²) in [6, 6.07) is 8.11. The number of ether oxygens (including phenoxy) is 1. The van der Waals surface area contributed by atoms with Crippen molar-refractivity contribution in [2.24, 2.45) is 0 Å². The zero-order valence-corrected chi connectivity index (χ0v) is 11.5. The second kappa shape index (κ2) is 5.45. The van der Waals surface area contributed by atoms with Gasteiger partial charge in [0.25, 0.3) is 5.91 Å². The smallest absolute Gasteiger partial charge is 0.250 e. The Kier molecular flexibility index (Phi) is 3.50. The predicted molar refractivity (Wildman–Crippen MR) is 78.4 cm³/mol. The van der Waals surface area contributed by atoms with Crippen molar-refractivity contribution >= 4 is 17.3 Å². The molecule has 1 aromatic rings. The molecule has 2 aliphatic heterocycles. The number of amides is 1. The van der Waals surface area contributed by atoms with Crippen molar-refractivity contribution in [3.8, 4) is 0 Å². The average Bonchev–Trinajstić information content (AvgIpc) is 3.04. The minimum atomic E-state index is -0.00416. The molecule has 0 bridgehead atoms. The molecule has 0 radical (unpaired) electrons. The molecule has 3 rings (SSSR count). The molecule has 0 unspecified atom stereocenters. The maximum atomic E-state index is 12.0. The van der Waals surface area contributed by atoms with Crippen molar-refractivity contribution in [1.82, 2.24) is 5.32 Å². The van der Waals surface area contributed by atoms with Crippen LogP contribution in [-0.2, 0) is 9.53 Å². The van der Waals surface area contributed by atoms with Crippen LogP contribution in [0.2, 0.25) is 0 Å². The molecule has 0 saturated heterocycles. The number of carbonyl (C=O) groups is 1. The zero-order valence-electron chi connectivity index (χ0n) is 11.5. The molecule has 0 aliphatic carbocycles. The Balaban J connectivity index is 1.46. The number of rotatable bonds is 4. The van der Waals surface area contributed by atoms with Crippen LogP contribution in [0.4, 0.5) is 11.4 Å². The van der Waals surface area contributed by atoms with Crippen molar-refractivity contribution in [2.75, 3.05) is 23.8 Å². The van der Waals surface area contributed by atoms with E-state index in [0.29, 0.717) is 19.6 Å². The third-order valence-electron chi connectivity index (χ3n) is 3.67. The van der Waals surface area contributed by atoms with Gasteiger partial charge in [-0.1, -0.05) is 12.1 Å². The van der Waals surface area contributed by atoms with Gasteiger partial charge in [0.1, 0.15) is 5.76 Å². The van der Waals surface area contributed by atoms with Gasteiger partial charge < -0.3 is 20.7 Å². The highest BCUT2D eigenvalue weighted by molar-refractivity contribution is 5.94. The van der Waals surface area contributed by atoms with E-state index < -0.39 is 0 Å². The third-order valence-corrected chi connectivity index (χ3v) is 3.67. The van der Waals surface area contributed by atoms with Gasteiger partial charge in [0.05, 0.1) is 29.7 Å². The monoisotopic (exact) mass is 273 g/mol. The Morgan fingerprint density at radius 3 is 2.65 bits per heavy atom. The number of anilines is 2. The maximum Gasteiger partial charge on any atom is 0.250 e. The lowest BCUT2D eigenvalue weighted by molar-refractivity contribution is -0.117. The summed E-state index contributed by atoms with van der Waals surface area (Å²) in [5, 5.41) is 9.73. The molecule has 0 spiro atoms. The number of fused-ring (bicyclic) bond motifs is 1. The van der Waals surface area contributed by atoms with Gasteiger partial charge in [0.2, 0.25) is 0 Å². The largest absolute Gasteiger partial charge is 0.497 e. The van der Waals surface area contributed by atoms with Gasteiger partial charge in [0.15, 0.2) is 0 Å². The van der Waals surface area contributed by atoms with Crippen LogP contribution >= 0.6 is 0 Å². The molecule has 20 heavy (non-hydrogen) atoms. The van der Waals surface area contributed by atoms with E-state index in [1.54, 1.807) is 0 Å². The first-order valence-corrected chi connectivity index (χ1v) is 6.97. The van der Waals surface area contributed by atoms with E-state index in [4.69, 9.17) is 4.74 Å². The molecule has 0 saturated carbocycles. The number of nitrogens with one attached hydrogen (secondary N) is 3. The summed E-state index contributed by atoms with van der Waals surface area (Å²) in [6.07, 6.45) is 1.71. The Bertz CT molecular complexity index is 529. The first kappa shape index (κ1) is 12.8. The molecule has 3 N–H and O–H groups in total. The number of hydrogen-bond donors (Lipinski definition) is 3. The number of hydrogen-bond acceptors (Lipinski definition) is 4. The highest BCUT2D eigenvalue weighted by Crippen LogP contribution is 2.28. The van der Waals surface area contributed by atoms with Gasteiger partial charge >= 0.3 is 0 Å². The van der Waals surface area contributed by atoms with E-state index in [0.717, 1.165) is 29.1 Å². The number of carbonyl (C=O) groups excluding carboxylic acids is 1. The lowest BCUT2D eigenvalue weighted by Gasteiger charge is -2.13. The molecule has 0 aromatic heterocycles. The second-order valence-electron chi connectivity index (χ2n) is 5.06. The van der Waals surface area contributed by atoms with Gasteiger partial charge in [-0.3, -0.25) is 4.79 Å². The van der Waals surface area contributed by atoms with Gasteiger partial charge in [-0.25, -0.2) is 0 Å². The Morgan fingerprint density at radius 1 is 1.35 bits per heavy atom. The summed E-state index contributed by atoms with van der Waals surface area (Å²) in [5.74, 6) is 0.752. The zero-order chi connectivity index (χ0) is 13.9. The Labute approximate surface area is 118 Å². The summed E-state index contributed by atoms with van der Waals surface area (Å²) >= 11 is 0. The highest BCUT2D eigenvalue weighted by Gasteiger charge is 2.21. The molecule has 5 nitrogen and oxygen atoms in total. The minimum absolute atomic E-state index is 0.00416. The summed E-state index contributed by atoms with van der Waals surface area (Å²) in [6.45, 7) is 3.10. The average molecular weight is 273 g/mol. The second-order valence-corrected chi connectivity index (χ2v) is 5.06. The van der Waals surface area contributed by atoms with E-state index in [-0.39, 0.29) is 12.1 Å². The van der Waals surface area contributed by atoms with Crippen LogP contribution in [0.1, 0.15) is 19.8 Å². The van der Waals surface area contributed by atoms with Crippen molar-refractivity contribution in [2.45, 2.75) is 25.9 Å². The van der Waals surface area contributed by atoms with Gasteiger partial charge in [0, 0.05) is 19.4 Å². The van der Waals surface area contributed by atoms with Crippen LogP contribution in [0.25, 0.3) is 0 Å². The van der Waals surface area contributed by atoms with E-state index in [2.05, 4.69) is 16.0 Å². The molecule has 0 atom stereocenters. The van der Waals surface area contributed by atoms with Crippen LogP contribution in [-0.4, -0.2) is 25.2 Å². The third kappa shape index (κ3) is 2.57. The first-order chi connectivity index (χ1) is 9.74. The molecule has 5 heteroatoms. The van der Waals surface area contributed by atoms with E-state index in [1.807, 2.05) is 31.2 Å². The SMILES string of the molecule is CC1=C(C(=O)NCCC2Nc3ccccc3N2)CCO1. The molecule has 0 fully saturated rings. The van der Waals surface area contributed by atoms with E-state index >= 15 is 0 Å². The Hall–Kier alpha value is -2.17. The van der Waals surface area contributed by atoms with Gasteiger partial charge in [-0.15, -0.1) is 0 Å². The lowest BCUT2D eigenvalue weighted by atomic mass is 10.2. The van der Waals surface area contributed by atoms with Crippen LogP contribution in [0, 0.1) is 0 Å². The quantitative estimate of drug-likeness (QED) is 0.785. The molecular weight excluding hydrogens is 254 g/mol. The maximum absolute atomic E-state index is 12.0. The van der Waals surface area contributed by atoms with Crippen molar-refractivity contribution in [1.29, 1.82) is 0 Å². The summed E-state index contributed by atoms with van der Waals surface area (Å²) in [4.78, 5) is 12.0. The molecule has 2 heterocycles. The van der Waals surface area contributed by atoms with Crippen LogP contribution in [0.5, 0.6) is 0 Å². The van der Waals surface area contributed by atoms with Crippen LogP contribution in [0.15, 0.2) is 35.6 Å². The van der Waals surface area contributed by atoms with Crippen molar-refractivity contribution in [3.63, 3.8) is 0 Å². The fraction of sp³-hybridized carbons (Fsp3) is 0.400. The lowest BCUT2D eigenvalue weighted by Crippen LogP contribution is -2.32. The Morgan fingerprint density at radius 2 is 2.05 bits per heavy atom. The topological polar surface area (TPSA) is 62.4 Å². The fourth-order valence-electron chi connectivity index (χ4n) is 2.57. The summed E-state index contributed by atoms with van der Waals surface area (Å²) < 4.78 is 5.30. The molecule has 1 amide bonds.